The largest absolute Gasteiger partial charge is 0.461 e. The van der Waals surface area contributed by atoms with Gasteiger partial charge in [0, 0.05) is 11.6 Å². The third kappa shape index (κ3) is 2.97. The van der Waals surface area contributed by atoms with Crippen LogP contribution in [0.25, 0.3) is 11.3 Å². The number of carbonyl (C=O) groups is 1. The number of aromatic nitrogens is 1. The van der Waals surface area contributed by atoms with Crippen LogP contribution in [-0.4, -0.2) is 17.7 Å². The average molecular weight is 245 g/mol. The Balaban J connectivity index is 2.04. The van der Waals surface area contributed by atoms with Crippen LogP contribution in [0.2, 0.25) is 0 Å². The zero-order chi connectivity index (χ0) is 12.8. The maximum absolute atomic E-state index is 11.6. The molecule has 0 saturated carbocycles. The molecule has 0 spiro atoms. The summed E-state index contributed by atoms with van der Waals surface area (Å²) in [6.45, 7) is 2.46. The highest BCUT2D eigenvalue weighted by Gasteiger charge is 2.14. The molecule has 2 rings (SSSR count). The summed E-state index contributed by atoms with van der Waals surface area (Å²) in [5, 5.41) is 3.72. The van der Waals surface area contributed by atoms with Crippen molar-refractivity contribution in [3.8, 4) is 11.3 Å². The van der Waals surface area contributed by atoms with E-state index in [1.165, 1.54) is 0 Å². The van der Waals surface area contributed by atoms with Gasteiger partial charge < -0.3 is 9.26 Å². The van der Waals surface area contributed by atoms with Crippen LogP contribution in [0.4, 0.5) is 0 Å². The molecular weight excluding hydrogens is 230 g/mol. The minimum Gasteiger partial charge on any atom is -0.461 e. The molecule has 4 nitrogen and oxygen atoms in total. The Bertz CT molecular complexity index is 505. The van der Waals surface area contributed by atoms with E-state index in [2.05, 4.69) is 5.16 Å². The highest BCUT2D eigenvalue weighted by atomic mass is 16.5. The molecule has 0 unspecified atom stereocenters. The van der Waals surface area contributed by atoms with Gasteiger partial charge in [-0.1, -0.05) is 48.8 Å². The summed E-state index contributed by atoms with van der Waals surface area (Å²) >= 11 is 0. The van der Waals surface area contributed by atoms with Gasteiger partial charge in [-0.3, -0.25) is 0 Å². The number of nitrogens with zero attached hydrogens (tertiary/aromatic N) is 1. The van der Waals surface area contributed by atoms with Gasteiger partial charge in [-0.2, -0.15) is 0 Å². The van der Waals surface area contributed by atoms with Crippen LogP contribution in [0.15, 0.2) is 40.9 Å². The fraction of sp³-hybridized carbons (Fsp3) is 0.286. The molecule has 0 N–H and O–H groups in total. The molecule has 4 heteroatoms. The van der Waals surface area contributed by atoms with Gasteiger partial charge in [0.1, 0.15) is 0 Å². The topological polar surface area (TPSA) is 52.3 Å². The standard InChI is InChI=1S/C14H15NO3/c1-2-3-9-17-14(16)12-10-13(18-15-12)11-7-5-4-6-8-11/h4-8,10H,2-3,9H2,1H3. The van der Waals surface area contributed by atoms with Crippen molar-refractivity contribution in [3.05, 3.63) is 42.1 Å². The van der Waals surface area contributed by atoms with E-state index in [4.69, 9.17) is 9.26 Å². The molecule has 2 aromatic rings. The molecule has 94 valence electrons. The number of hydrogen-bond donors (Lipinski definition) is 0. The Hall–Kier alpha value is -2.10. The van der Waals surface area contributed by atoms with Crippen LogP contribution < -0.4 is 0 Å². The monoisotopic (exact) mass is 245 g/mol. The average Bonchev–Trinajstić information content (AvgIpc) is 2.89. The highest BCUT2D eigenvalue weighted by Crippen LogP contribution is 2.19. The van der Waals surface area contributed by atoms with Crippen LogP contribution in [0, 0.1) is 0 Å². The van der Waals surface area contributed by atoms with Gasteiger partial charge in [0.2, 0.25) is 0 Å². The van der Waals surface area contributed by atoms with E-state index in [0.29, 0.717) is 12.4 Å². The molecule has 0 fully saturated rings. The molecule has 1 aromatic carbocycles. The summed E-state index contributed by atoms with van der Waals surface area (Å²) in [6, 6.07) is 11.1. The summed E-state index contributed by atoms with van der Waals surface area (Å²) < 4.78 is 10.2. The zero-order valence-corrected chi connectivity index (χ0v) is 10.3. The molecule has 0 atom stereocenters. The summed E-state index contributed by atoms with van der Waals surface area (Å²) in [5.74, 6) is 0.132. The van der Waals surface area contributed by atoms with Crippen LogP contribution in [0.3, 0.4) is 0 Å². The first-order chi connectivity index (χ1) is 8.81. The molecule has 1 aromatic heterocycles. The summed E-state index contributed by atoms with van der Waals surface area (Å²) in [7, 11) is 0. The van der Waals surface area contributed by atoms with Gasteiger partial charge in [-0.15, -0.1) is 0 Å². The molecule has 18 heavy (non-hydrogen) atoms. The second kappa shape index (κ2) is 6.00. The lowest BCUT2D eigenvalue weighted by Crippen LogP contribution is -2.06. The quantitative estimate of drug-likeness (QED) is 0.599. The first kappa shape index (κ1) is 12.4. The number of carbonyl (C=O) groups excluding carboxylic acids is 1. The SMILES string of the molecule is CCCCOC(=O)c1cc(-c2ccccc2)on1. The summed E-state index contributed by atoms with van der Waals surface area (Å²) in [6.07, 6.45) is 1.84. The van der Waals surface area contributed by atoms with Crippen molar-refractivity contribution in [2.45, 2.75) is 19.8 Å². The number of rotatable bonds is 5. The van der Waals surface area contributed by atoms with E-state index in [1.54, 1.807) is 6.07 Å². The van der Waals surface area contributed by atoms with Crippen molar-refractivity contribution in [2.75, 3.05) is 6.61 Å². The molecule has 0 aliphatic carbocycles. The van der Waals surface area contributed by atoms with Crippen LogP contribution in [-0.2, 0) is 4.74 Å². The van der Waals surface area contributed by atoms with E-state index in [-0.39, 0.29) is 5.69 Å². The first-order valence-corrected chi connectivity index (χ1v) is 6.00. The van der Waals surface area contributed by atoms with Crippen molar-refractivity contribution in [2.24, 2.45) is 0 Å². The van der Waals surface area contributed by atoms with Gasteiger partial charge in [0.15, 0.2) is 11.5 Å². The molecule has 1 heterocycles. The lowest BCUT2D eigenvalue weighted by atomic mass is 10.2. The third-order valence-electron chi connectivity index (χ3n) is 2.51. The smallest absolute Gasteiger partial charge is 0.360 e. The van der Waals surface area contributed by atoms with Crippen LogP contribution >= 0.6 is 0 Å². The Morgan fingerprint density at radius 3 is 2.83 bits per heavy atom. The Kier molecular flexibility index (Phi) is 4.12. The van der Waals surface area contributed by atoms with E-state index in [9.17, 15) is 4.79 Å². The zero-order valence-electron chi connectivity index (χ0n) is 10.3. The second-order valence-corrected chi connectivity index (χ2v) is 3.93. The fourth-order valence-corrected chi connectivity index (χ4v) is 1.49. The van der Waals surface area contributed by atoms with Crippen LogP contribution in [0.5, 0.6) is 0 Å². The van der Waals surface area contributed by atoms with E-state index >= 15 is 0 Å². The van der Waals surface area contributed by atoms with E-state index in [1.807, 2.05) is 37.3 Å². The summed E-state index contributed by atoms with van der Waals surface area (Å²) in [4.78, 5) is 11.6. The predicted octanol–water partition coefficient (Wildman–Crippen LogP) is 3.30. The Morgan fingerprint density at radius 2 is 2.11 bits per heavy atom. The van der Waals surface area contributed by atoms with E-state index in [0.717, 1.165) is 18.4 Å². The van der Waals surface area contributed by atoms with Crippen molar-refractivity contribution in [1.82, 2.24) is 5.16 Å². The Labute approximate surface area is 106 Å². The number of esters is 1. The second-order valence-electron chi connectivity index (χ2n) is 3.93. The van der Waals surface area contributed by atoms with Gasteiger partial charge in [0.25, 0.3) is 0 Å². The van der Waals surface area contributed by atoms with Gasteiger partial charge >= 0.3 is 5.97 Å². The molecule has 0 bridgehead atoms. The minimum absolute atomic E-state index is 0.213. The predicted molar refractivity (Wildman–Crippen MR) is 67.1 cm³/mol. The number of hydrogen-bond acceptors (Lipinski definition) is 4. The summed E-state index contributed by atoms with van der Waals surface area (Å²) in [5.41, 5.74) is 1.10. The van der Waals surface area contributed by atoms with Crippen molar-refractivity contribution in [1.29, 1.82) is 0 Å². The van der Waals surface area contributed by atoms with Gasteiger partial charge in [-0.25, -0.2) is 4.79 Å². The van der Waals surface area contributed by atoms with Crippen molar-refractivity contribution < 1.29 is 14.1 Å². The minimum atomic E-state index is -0.436. The molecule has 0 amide bonds. The molecule has 0 aliphatic heterocycles. The first-order valence-electron chi connectivity index (χ1n) is 6.00. The maximum atomic E-state index is 11.6. The maximum Gasteiger partial charge on any atom is 0.360 e. The highest BCUT2D eigenvalue weighted by molar-refractivity contribution is 5.88. The number of ether oxygens (including phenoxy) is 1. The van der Waals surface area contributed by atoms with Gasteiger partial charge in [-0.05, 0) is 6.42 Å². The van der Waals surface area contributed by atoms with Crippen molar-refractivity contribution >= 4 is 5.97 Å². The third-order valence-corrected chi connectivity index (χ3v) is 2.51. The molecule has 0 radical (unpaired) electrons. The number of unbranched alkanes of at least 4 members (excludes halogenated alkanes) is 1. The lowest BCUT2D eigenvalue weighted by molar-refractivity contribution is 0.0488. The fourth-order valence-electron chi connectivity index (χ4n) is 1.49. The number of benzene rings is 1. The van der Waals surface area contributed by atoms with Crippen LogP contribution in [0.1, 0.15) is 30.3 Å². The lowest BCUT2D eigenvalue weighted by Gasteiger charge is -1.99. The molecule has 0 saturated heterocycles. The normalized spacial score (nSPS) is 10.3. The Morgan fingerprint density at radius 1 is 1.33 bits per heavy atom. The molecule has 0 aliphatic rings. The molecular formula is C14H15NO3. The van der Waals surface area contributed by atoms with Crippen molar-refractivity contribution in [3.63, 3.8) is 0 Å². The van der Waals surface area contributed by atoms with Gasteiger partial charge in [0.05, 0.1) is 6.61 Å². The van der Waals surface area contributed by atoms with E-state index < -0.39 is 5.97 Å².